The minimum Gasteiger partial charge on any atom is -0.460 e. The van der Waals surface area contributed by atoms with Crippen LogP contribution in [0.25, 0.3) is 0 Å². The van der Waals surface area contributed by atoms with Gasteiger partial charge in [-0.3, -0.25) is 4.79 Å². The lowest BCUT2D eigenvalue weighted by atomic mass is 10.1. The molecule has 24 heavy (non-hydrogen) atoms. The molecule has 0 radical (unpaired) electrons. The Balaban J connectivity index is 2.06. The first-order chi connectivity index (χ1) is 11.0. The standard InChI is InChI=1S/C16H14Cl2F4O2/c1-15(2)9(6-12(19)16(20,21)22)13(15)14(23)24-7-8-10(17)4-3-5-11(8)18/h3-6,9,13H,7H2,1-2H3/b12-6-/t9-,13-/m1/s1. The molecule has 0 aliphatic heterocycles. The van der Waals surface area contributed by atoms with E-state index in [1.807, 2.05) is 0 Å². The van der Waals surface area contributed by atoms with Crippen LogP contribution in [0.3, 0.4) is 0 Å². The first-order valence-electron chi connectivity index (χ1n) is 7.00. The Morgan fingerprint density at radius 2 is 1.83 bits per heavy atom. The number of halogens is 6. The maximum atomic E-state index is 13.1. The molecule has 0 unspecified atom stereocenters. The average molecular weight is 385 g/mol. The minimum atomic E-state index is -5.06. The van der Waals surface area contributed by atoms with Crippen molar-refractivity contribution in [3.05, 3.63) is 45.7 Å². The Hall–Kier alpha value is -1.27. The van der Waals surface area contributed by atoms with E-state index in [1.54, 1.807) is 32.0 Å². The van der Waals surface area contributed by atoms with E-state index < -0.39 is 35.2 Å². The van der Waals surface area contributed by atoms with Crippen molar-refractivity contribution in [1.29, 1.82) is 0 Å². The second-order valence-electron chi connectivity index (χ2n) is 6.15. The van der Waals surface area contributed by atoms with Crippen LogP contribution in [-0.4, -0.2) is 12.1 Å². The molecule has 0 aromatic heterocycles. The van der Waals surface area contributed by atoms with Crippen LogP contribution in [-0.2, 0) is 16.1 Å². The molecule has 132 valence electrons. The van der Waals surface area contributed by atoms with Crippen molar-refractivity contribution in [3.8, 4) is 0 Å². The molecular weight excluding hydrogens is 371 g/mol. The molecule has 0 saturated heterocycles. The Morgan fingerprint density at radius 1 is 1.29 bits per heavy atom. The summed E-state index contributed by atoms with van der Waals surface area (Å²) in [5.74, 6) is -4.66. The summed E-state index contributed by atoms with van der Waals surface area (Å²) in [6, 6.07) is 4.77. The van der Waals surface area contributed by atoms with Gasteiger partial charge in [0.15, 0.2) is 5.83 Å². The second kappa shape index (κ2) is 6.56. The summed E-state index contributed by atoms with van der Waals surface area (Å²) >= 11 is 11.9. The van der Waals surface area contributed by atoms with Crippen LogP contribution in [0.4, 0.5) is 17.6 Å². The summed E-state index contributed by atoms with van der Waals surface area (Å²) in [7, 11) is 0. The molecule has 2 atom stereocenters. The summed E-state index contributed by atoms with van der Waals surface area (Å²) in [6.07, 6.45) is -4.62. The highest BCUT2D eigenvalue weighted by Gasteiger charge is 2.62. The van der Waals surface area contributed by atoms with Gasteiger partial charge in [0.1, 0.15) is 6.61 Å². The number of allylic oxidation sites excluding steroid dienone is 2. The van der Waals surface area contributed by atoms with E-state index >= 15 is 0 Å². The van der Waals surface area contributed by atoms with Gasteiger partial charge in [-0.05, 0) is 29.5 Å². The normalized spacial score (nSPS) is 23.1. The van der Waals surface area contributed by atoms with Crippen LogP contribution < -0.4 is 0 Å². The molecule has 1 aliphatic rings. The van der Waals surface area contributed by atoms with E-state index in [2.05, 4.69) is 0 Å². The Morgan fingerprint density at radius 3 is 2.33 bits per heavy atom. The topological polar surface area (TPSA) is 26.3 Å². The van der Waals surface area contributed by atoms with Gasteiger partial charge >= 0.3 is 12.1 Å². The van der Waals surface area contributed by atoms with Gasteiger partial charge in [0.2, 0.25) is 0 Å². The van der Waals surface area contributed by atoms with Gasteiger partial charge in [0.25, 0.3) is 0 Å². The summed E-state index contributed by atoms with van der Waals surface area (Å²) in [5.41, 5.74) is -0.412. The molecule has 0 spiro atoms. The molecule has 0 bridgehead atoms. The first-order valence-corrected chi connectivity index (χ1v) is 7.76. The van der Waals surface area contributed by atoms with Crippen molar-refractivity contribution < 1.29 is 27.1 Å². The lowest BCUT2D eigenvalue weighted by Gasteiger charge is -2.09. The first kappa shape index (κ1) is 19.1. The lowest BCUT2D eigenvalue weighted by Crippen LogP contribution is -2.11. The molecule has 1 saturated carbocycles. The monoisotopic (exact) mass is 384 g/mol. The molecule has 8 heteroatoms. The fourth-order valence-electron chi connectivity index (χ4n) is 2.59. The van der Waals surface area contributed by atoms with Crippen LogP contribution >= 0.6 is 23.2 Å². The van der Waals surface area contributed by atoms with E-state index in [0.29, 0.717) is 21.7 Å². The van der Waals surface area contributed by atoms with Gasteiger partial charge < -0.3 is 4.74 Å². The molecule has 1 aliphatic carbocycles. The van der Waals surface area contributed by atoms with E-state index in [0.717, 1.165) is 0 Å². The number of rotatable bonds is 4. The highest BCUT2D eigenvalue weighted by Crippen LogP contribution is 2.60. The van der Waals surface area contributed by atoms with Crippen molar-refractivity contribution in [2.24, 2.45) is 17.3 Å². The largest absolute Gasteiger partial charge is 0.460 e. The third kappa shape index (κ3) is 3.86. The maximum absolute atomic E-state index is 13.1. The minimum absolute atomic E-state index is 0.206. The fraction of sp³-hybridized carbons (Fsp3) is 0.438. The third-order valence-corrected chi connectivity index (χ3v) is 4.89. The van der Waals surface area contributed by atoms with Gasteiger partial charge in [-0.2, -0.15) is 13.2 Å². The number of alkyl halides is 3. The van der Waals surface area contributed by atoms with Gasteiger partial charge in [-0.15, -0.1) is 0 Å². The van der Waals surface area contributed by atoms with Crippen molar-refractivity contribution >= 4 is 29.2 Å². The summed E-state index contributed by atoms with van der Waals surface area (Å²) in [6.45, 7) is 2.94. The third-order valence-electron chi connectivity index (χ3n) is 4.18. The van der Waals surface area contributed by atoms with Crippen molar-refractivity contribution in [2.75, 3.05) is 0 Å². The number of ether oxygens (including phenoxy) is 1. The lowest BCUT2D eigenvalue weighted by molar-refractivity contribution is -0.147. The molecule has 0 amide bonds. The van der Waals surface area contributed by atoms with Gasteiger partial charge in [0.05, 0.1) is 5.92 Å². The number of hydrogen-bond acceptors (Lipinski definition) is 2. The Bertz CT molecular complexity index is 663. The highest BCUT2D eigenvalue weighted by molar-refractivity contribution is 6.35. The second-order valence-corrected chi connectivity index (χ2v) is 6.96. The number of carbonyl (C=O) groups excluding carboxylic acids is 1. The summed E-state index contributed by atoms with van der Waals surface area (Å²) < 4.78 is 55.1. The molecule has 1 fully saturated rings. The molecular formula is C16H14Cl2F4O2. The van der Waals surface area contributed by atoms with Gasteiger partial charge in [0, 0.05) is 15.6 Å². The molecule has 2 nitrogen and oxygen atoms in total. The SMILES string of the molecule is CC1(C)[C@H](/C=C(\F)C(F)(F)F)[C@@H]1C(=O)OCc1c(Cl)cccc1Cl. The predicted molar refractivity (Wildman–Crippen MR) is 82.3 cm³/mol. The van der Waals surface area contributed by atoms with E-state index in [4.69, 9.17) is 27.9 Å². The van der Waals surface area contributed by atoms with E-state index in [9.17, 15) is 22.4 Å². The van der Waals surface area contributed by atoms with E-state index in [-0.39, 0.29) is 6.61 Å². The van der Waals surface area contributed by atoms with Crippen LogP contribution in [0.2, 0.25) is 10.0 Å². The average Bonchev–Trinajstić information content (AvgIpc) is 2.98. The smallest absolute Gasteiger partial charge is 0.442 e. The van der Waals surface area contributed by atoms with Crippen LogP contribution in [0.15, 0.2) is 30.1 Å². The zero-order valence-electron chi connectivity index (χ0n) is 12.8. The zero-order chi connectivity index (χ0) is 18.3. The zero-order valence-corrected chi connectivity index (χ0v) is 14.3. The highest BCUT2D eigenvalue weighted by atomic mass is 35.5. The predicted octanol–water partition coefficient (Wildman–Crippen LogP) is 5.72. The number of benzene rings is 1. The van der Waals surface area contributed by atoms with Crippen LogP contribution in [0.1, 0.15) is 19.4 Å². The van der Waals surface area contributed by atoms with Crippen LogP contribution in [0.5, 0.6) is 0 Å². The van der Waals surface area contributed by atoms with Crippen LogP contribution in [0, 0.1) is 17.3 Å². The quantitative estimate of drug-likeness (QED) is 0.489. The fourth-order valence-corrected chi connectivity index (χ4v) is 3.10. The summed E-state index contributed by atoms with van der Waals surface area (Å²) in [5, 5.41) is 0.620. The molecule has 0 heterocycles. The van der Waals surface area contributed by atoms with Crippen molar-refractivity contribution in [1.82, 2.24) is 0 Å². The number of carbonyl (C=O) groups is 1. The number of esters is 1. The van der Waals surface area contributed by atoms with E-state index in [1.165, 1.54) is 0 Å². The molecule has 1 aromatic carbocycles. The van der Waals surface area contributed by atoms with Gasteiger partial charge in [-0.1, -0.05) is 43.1 Å². The number of hydrogen-bond donors (Lipinski definition) is 0. The Labute approximate surface area is 146 Å². The Kier molecular flexibility index (Phi) is 5.21. The molecule has 1 aromatic rings. The molecule has 0 N–H and O–H groups in total. The van der Waals surface area contributed by atoms with Crippen molar-refractivity contribution in [3.63, 3.8) is 0 Å². The molecule has 2 rings (SSSR count). The maximum Gasteiger partial charge on any atom is 0.442 e. The van der Waals surface area contributed by atoms with Crippen molar-refractivity contribution in [2.45, 2.75) is 26.6 Å². The van der Waals surface area contributed by atoms with Gasteiger partial charge in [-0.25, -0.2) is 4.39 Å². The summed E-state index contributed by atoms with van der Waals surface area (Å²) in [4.78, 5) is 12.1.